The minimum absolute atomic E-state index is 0. The number of aromatic nitrogens is 3. The summed E-state index contributed by atoms with van der Waals surface area (Å²) in [5.41, 5.74) is -8.04. The Morgan fingerprint density at radius 3 is 2.05 bits per heavy atom. The molecule has 8 rings (SSSR count). The van der Waals surface area contributed by atoms with Gasteiger partial charge in [0.25, 0.3) is 0 Å². The Hall–Kier alpha value is -5.57. The molecular formula is C56H56N3OPt-. The number of para-hydroxylation sites is 1. The largest absolute Gasteiger partial charge is 0.507 e. The fraction of sp³-hybridized carbons (Fsp3) is 0.250. The maximum atomic E-state index is 11.9. The first-order valence-corrected chi connectivity index (χ1v) is 19.0. The van der Waals surface area contributed by atoms with Crippen LogP contribution in [0.4, 0.5) is 0 Å². The molecule has 0 aliphatic heterocycles. The predicted molar refractivity (Wildman–Crippen MR) is 252 cm³/mol. The average molecular weight is 1010 g/mol. The Kier molecular flexibility index (Phi) is 5.90. The van der Waals surface area contributed by atoms with Crippen LogP contribution in [0.2, 0.25) is 0 Å². The molecule has 0 amide bonds. The Labute approximate surface area is 412 Å². The van der Waals surface area contributed by atoms with Crippen LogP contribution in [-0.2, 0) is 37.3 Å². The predicted octanol–water partition coefficient (Wildman–Crippen LogP) is 14.8. The van der Waals surface area contributed by atoms with Crippen molar-refractivity contribution in [2.24, 2.45) is 0 Å². The van der Waals surface area contributed by atoms with Crippen molar-refractivity contribution in [1.82, 2.24) is 14.5 Å². The van der Waals surface area contributed by atoms with Crippen LogP contribution in [0.25, 0.3) is 72.7 Å². The van der Waals surface area contributed by atoms with Crippen LogP contribution in [-0.4, -0.2) is 19.6 Å². The Bertz CT molecular complexity index is 3880. The van der Waals surface area contributed by atoms with Gasteiger partial charge in [0.15, 0.2) is 0 Å². The van der Waals surface area contributed by atoms with Crippen LogP contribution in [0.15, 0.2) is 133 Å². The molecule has 0 aliphatic carbocycles. The molecule has 0 saturated heterocycles. The number of phenolic OH excluding ortho intramolecular Hbond substituents is 1. The molecule has 0 atom stereocenters. The standard InChI is InChI=1S/C56H56N3O.Pt/c1-35-28-36(2)52(60)47(29-35)53-58-51-45(18-15-19-50(51)59(53)49-25-24-43(55(6,7)8)34-46(49)38-16-13-12-14-17-38)40-30-41(32-44(31-40)56(9,10)11)48-33-39(26-27-57-48)37-20-22-42(23-21-37)54(3,4)5;/h12-29,31-34,60H,1-11H3;/q-1;/i3D3,4D3,5D3,6D3,7D3,8D3,20D,21D,22D,23D,26D,27D,33D;. The van der Waals surface area contributed by atoms with E-state index < -0.39 is 122 Å². The van der Waals surface area contributed by atoms with Crippen molar-refractivity contribution in [3.8, 4) is 67.5 Å². The molecule has 0 saturated carbocycles. The molecule has 0 bridgehead atoms. The van der Waals surface area contributed by atoms with E-state index in [-0.39, 0.29) is 71.8 Å². The third-order valence-corrected chi connectivity index (χ3v) is 10.2. The number of nitrogens with zero attached hydrogens (tertiary/aromatic N) is 3. The number of aromatic hydroxyl groups is 1. The number of hydrogen-bond acceptors (Lipinski definition) is 3. The van der Waals surface area contributed by atoms with Crippen LogP contribution in [0.1, 0.15) is 124 Å². The molecule has 2 heterocycles. The first-order chi connectivity index (χ1) is 38.8. The summed E-state index contributed by atoms with van der Waals surface area (Å²) in [5.74, 6) is -0.0603. The second-order valence-electron chi connectivity index (χ2n) is 15.9. The second-order valence-corrected chi connectivity index (χ2v) is 15.9. The number of phenols is 1. The molecule has 312 valence electrons. The molecule has 8 aromatic rings. The first kappa shape index (κ1) is 22.0. The number of rotatable bonds is 6. The third-order valence-electron chi connectivity index (χ3n) is 10.2. The molecule has 6 aromatic carbocycles. The molecule has 1 N–H and O–H groups in total. The van der Waals surface area contributed by atoms with E-state index in [1.165, 1.54) is 12.1 Å². The average Bonchev–Trinajstić information content (AvgIpc) is 0.805. The van der Waals surface area contributed by atoms with E-state index in [1.54, 1.807) is 91.2 Å². The van der Waals surface area contributed by atoms with Crippen molar-refractivity contribution in [2.45, 2.75) is 92.0 Å². The fourth-order valence-corrected chi connectivity index (χ4v) is 7.16. The molecule has 4 nitrogen and oxygen atoms in total. The smallest absolute Gasteiger partial charge is 0.148 e. The van der Waals surface area contributed by atoms with E-state index >= 15 is 0 Å². The van der Waals surface area contributed by atoms with E-state index in [4.69, 9.17) is 37.9 Å². The summed E-state index contributed by atoms with van der Waals surface area (Å²) >= 11 is 0. The SMILES string of the molecule is [2H]c1nc(-c2[c-]c(-c3cccc4c3nc(-c3cc(C)cc(C)c3O)n4-c3ccc(C(C([2H])([2H])[2H])(C([2H])([2H])[2H])C([2H])([2H])[2H])cc3-c3ccccc3)cc(C(C)(C)C)c2)c([2H])c(-c2c([2H])c([2H])c(C(C([2H])([2H])[2H])(C([2H])([2H])[2H])C([2H])([2H])[2H])c([2H])c2[2H])c1[2H].[Pt]. The van der Waals surface area contributed by atoms with Crippen molar-refractivity contribution in [3.63, 3.8) is 0 Å². The molecular weight excluding hydrogens is 926 g/mol. The zero-order chi connectivity index (χ0) is 63.8. The zero-order valence-electron chi connectivity index (χ0n) is 58.8. The summed E-state index contributed by atoms with van der Waals surface area (Å²) in [6.07, 6.45) is -0.840. The van der Waals surface area contributed by atoms with Crippen LogP contribution in [0.5, 0.6) is 5.75 Å². The van der Waals surface area contributed by atoms with Crippen molar-refractivity contribution >= 4 is 11.0 Å². The summed E-state index contributed by atoms with van der Waals surface area (Å²) in [6.45, 7) is -13.7. The Balaban J connectivity index is 0.0000106. The van der Waals surface area contributed by atoms with Crippen LogP contribution in [0.3, 0.4) is 0 Å². The number of imidazole rings is 1. The monoisotopic (exact) mass is 1010 g/mol. The van der Waals surface area contributed by atoms with Gasteiger partial charge in [-0.3, -0.25) is 9.55 Å². The molecule has 2 aromatic heterocycles. The number of aryl methyl sites for hydroxylation is 2. The van der Waals surface area contributed by atoms with E-state index in [0.717, 1.165) is 6.07 Å². The van der Waals surface area contributed by atoms with Gasteiger partial charge in [0.1, 0.15) is 11.6 Å². The minimum Gasteiger partial charge on any atom is -0.507 e. The first-order valence-electron chi connectivity index (χ1n) is 31.5. The summed E-state index contributed by atoms with van der Waals surface area (Å²) in [5, 5.41) is 11.9. The number of pyridine rings is 1. The van der Waals surface area contributed by atoms with Crippen molar-refractivity contribution in [3.05, 3.63) is 167 Å². The molecule has 0 aliphatic rings. The second kappa shape index (κ2) is 16.4. The summed E-state index contributed by atoms with van der Waals surface area (Å²) in [7, 11) is 0. The van der Waals surface area contributed by atoms with Gasteiger partial charge in [0.2, 0.25) is 0 Å². The van der Waals surface area contributed by atoms with Gasteiger partial charge in [-0.25, -0.2) is 4.98 Å². The van der Waals surface area contributed by atoms with Gasteiger partial charge in [-0.15, -0.1) is 29.3 Å². The summed E-state index contributed by atoms with van der Waals surface area (Å²) < 4.78 is 217. The number of fused-ring (bicyclic) bond motifs is 1. The normalized spacial score (nSPS) is 19.3. The zero-order valence-corrected chi connectivity index (χ0v) is 36.0. The molecule has 0 fully saturated rings. The minimum atomic E-state index is -3.98. The van der Waals surface area contributed by atoms with E-state index in [9.17, 15) is 6.48 Å². The van der Waals surface area contributed by atoms with E-state index in [2.05, 4.69) is 11.1 Å². The Morgan fingerprint density at radius 2 is 1.34 bits per heavy atom. The Morgan fingerprint density at radius 1 is 0.639 bits per heavy atom. The topological polar surface area (TPSA) is 50.9 Å². The van der Waals surface area contributed by atoms with Crippen LogP contribution < -0.4 is 0 Å². The van der Waals surface area contributed by atoms with E-state index in [1.807, 2.05) is 20.8 Å². The molecule has 0 spiro atoms. The van der Waals surface area contributed by atoms with Crippen molar-refractivity contribution in [1.29, 1.82) is 0 Å². The molecule has 5 heteroatoms. The van der Waals surface area contributed by atoms with Crippen molar-refractivity contribution < 1.29 is 60.4 Å². The van der Waals surface area contributed by atoms with Gasteiger partial charge in [0, 0.05) is 63.2 Å². The number of benzene rings is 6. The van der Waals surface area contributed by atoms with Gasteiger partial charge >= 0.3 is 0 Å². The van der Waals surface area contributed by atoms with Crippen LogP contribution >= 0.6 is 0 Å². The maximum Gasteiger partial charge on any atom is 0.148 e. The van der Waals surface area contributed by atoms with Crippen molar-refractivity contribution in [2.75, 3.05) is 0 Å². The number of hydrogen-bond donors (Lipinski definition) is 1. The van der Waals surface area contributed by atoms with Gasteiger partial charge < -0.3 is 5.11 Å². The molecule has 61 heavy (non-hydrogen) atoms. The van der Waals surface area contributed by atoms with Gasteiger partial charge in [0.05, 0.1) is 31.9 Å². The van der Waals surface area contributed by atoms with E-state index in [0.29, 0.717) is 33.3 Å². The summed E-state index contributed by atoms with van der Waals surface area (Å²) in [6, 6.07) is 20.5. The fourth-order valence-electron chi connectivity index (χ4n) is 7.16. The third kappa shape index (κ3) is 8.66. The molecule has 0 unspecified atom stereocenters. The quantitative estimate of drug-likeness (QED) is 0.169. The van der Waals surface area contributed by atoms with Gasteiger partial charge in [-0.2, -0.15) is 0 Å². The molecule has 0 radical (unpaired) electrons. The van der Waals surface area contributed by atoms with Gasteiger partial charge in [-0.05, 0) is 99.3 Å². The van der Waals surface area contributed by atoms with Gasteiger partial charge in [-0.1, -0.05) is 158 Å². The maximum absolute atomic E-state index is 11.9. The van der Waals surface area contributed by atoms with Crippen LogP contribution in [0, 0.1) is 19.9 Å². The summed E-state index contributed by atoms with van der Waals surface area (Å²) in [4.78, 5) is 9.53.